The normalized spacial score (nSPS) is 14.8. The minimum Gasteiger partial charge on any atom is -0.486 e. The molecule has 0 fully saturated rings. The molecule has 0 bridgehead atoms. The quantitative estimate of drug-likeness (QED) is 0.846. The van der Waals surface area contributed by atoms with Gasteiger partial charge in [0, 0.05) is 11.4 Å². The van der Waals surface area contributed by atoms with Gasteiger partial charge in [0.15, 0.2) is 11.5 Å². The number of amides is 1. The number of para-hydroxylation sites is 1. The molecule has 19 heavy (non-hydrogen) atoms. The zero-order valence-electron chi connectivity index (χ0n) is 10.9. The van der Waals surface area contributed by atoms with Crippen molar-refractivity contribution < 1.29 is 14.3 Å². The molecule has 1 unspecified atom stereocenters. The first kappa shape index (κ1) is 14.2. The zero-order chi connectivity index (χ0) is 13.7. The third-order valence-corrected chi connectivity index (χ3v) is 3.52. The monoisotopic (exact) mass is 327 g/mol. The molecule has 0 aliphatic carbocycles. The molecule has 1 amide bonds. The van der Waals surface area contributed by atoms with Crippen LogP contribution in [0.25, 0.3) is 0 Å². The van der Waals surface area contributed by atoms with E-state index in [1.165, 1.54) is 0 Å². The van der Waals surface area contributed by atoms with E-state index in [1.807, 2.05) is 19.1 Å². The summed E-state index contributed by atoms with van der Waals surface area (Å²) in [5.74, 6) is 1.09. The lowest BCUT2D eigenvalue weighted by Gasteiger charge is -2.21. The Morgan fingerprint density at radius 2 is 2.21 bits per heavy atom. The van der Waals surface area contributed by atoms with E-state index in [0.717, 1.165) is 18.2 Å². The second kappa shape index (κ2) is 6.80. The van der Waals surface area contributed by atoms with Crippen molar-refractivity contribution >= 4 is 21.8 Å². The Bertz CT molecular complexity index is 450. The highest BCUT2D eigenvalue weighted by Gasteiger charge is 2.21. The van der Waals surface area contributed by atoms with Gasteiger partial charge in [0.1, 0.15) is 13.2 Å². The van der Waals surface area contributed by atoms with Crippen LogP contribution in [0.15, 0.2) is 18.2 Å². The van der Waals surface area contributed by atoms with Gasteiger partial charge < -0.3 is 14.8 Å². The van der Waals surface area contributed by atoms with Crippen LogP contribution in [0, 0.1) is 0 Å². The number of fused-ring (bicyclic) bond motifs is 1. The number of carbonyl (C=O) groups excluding carboxylic acids is 1. The Balaban J connectivity index is 2.07. The van der Waals surface area contributed by atoms with Crippen LogP contribution >= 0.6 is 15.9 Å². The minimum atomic E-state index is -0.107. The second-order valence-corrected chi connectivity index (χ2v) is 5.33. The fraction of sp³-hybridized carbons (Fsp3) is 0.500. The first-order chi connectivity index (χ1) is 9.22. The summed E-state index contributed by atoms with van der Waals surface area (Å²) in [6.07, 6.45) is 1.98. The average Bonchev–Trinajstić information content (AvgIpc) is 2.44. The van der Waals surface area contributed by atoms with Crippen molar-refractivity contribution in [3.63, 3.8) is 0 Å². The molecule has 0 saturated carbocycles. The van der Waals surface area contributed by atoms with Crippen molar-refractivity contribution in [3.05, 3.63) is 23.8 Å². The van der Waals surface area contributed by atoms with Crippen LogP contribution in [0.1, 0.15) is 30.1 Å². The predicted molar refractivity (Wildman–Crippen MR) is 77.4 cm³/mol. The summed E-state index contributed by atoms with van der Waals surface area (Å²) in [5.41, 5.74) is 0.544. The van der Waals surface area contributed by atoms with Crippen LogP contribution in [0.5, 0.6) is 11.5 Å². The summed E-state index contributed by atoms with van der Waals surface area (Å²) < 4.78 is 11.0. The zero-order valence-corrected chi connectivity index (χ0v) is 12.5. The van der Waals surface area contributed by atoms with E-state index in [9.17, 15) is 4.79 Å². The van der Waals surface area contributed by atoms with Crippen LogP contribution in [0.2, 0.25) is 0 Å². The molecule has 4 nitrogen and oxygen atoms in total. The van der Waals surface area contributed by atoms with Crippen LogP contribution < -0.4 is 14.8 Å². The van der Waals surface area contributed by atoms with Gasteiger partial charge in [-0.2, -0.15) is 0 Å². The van der Waals surface area contributed by atoms with Crippen molar-refractivity contribution in [1.82, 2.24) is 5.32 Å². The molecule has 1 heterocycles. The lowest BCUT2D eigenvalue weighted by atomic mass is 10.1. The highest BCUT2D eigenvalue weighted by atomic mass is 79.9. The maximum absolute atomic E-state index is 12.2. The van der Waals surface area contributed by atoms with Crippen LogP contribution in [0.3, 0.4) is 0 Å². The number of carbonyl (C=O) groups is 1. The number of halogens is 1. The Labute approximate surface area is 121 Å². The lowest BCUT2D eigenvalue weighted by molar-refractivity contribution is 0.0927. The fourth-order valence-corrected chi connectivity index (χ4v) is 2.33. The van der Waals surface area contributed by atoms with E-state index in [2.05, 4.69) is 21.2 Å². The molecule has 2 rings (SSSR count). The van der Waals surface area contributed by atoms with Gasteiger partial charge in [0.25, 0.3) is 5.91 Å². The Kier molecular flexibility index (Phi) is 5.07. The lowest BCUT2D eigenvalue weighted by Crippen LogP contribution is -2.33. The maximum Gasteiger partial charge on any atom is 0.255 e. The fourth-order valence-electron chi connectivity index (χ4n) is 2.01. The van der Waals surface area contributed by atoms with Crippen molar-refractivity contribution in [2.24, 2.45) is 0 Å². The summed E-state index contributed by atoms with van der Waals surface area (Å²) in [6, 6.07) is 5.54. The molecule has 0 aromatic heterocycles. The summed E-state index contributed by atoms with van der Waals surface area (Å²) in [7, 11) is 0. The van der Waals surface area contributed by atoms with Gasteiger partial charge in [0.2, 0.25) is 0 Å². The Hall–Kier alpha value is -1.23. The van der Waals surface area contributed by atoms with Crippen molar-refractivity contribution in [2.75, 3.05) is 18.5 Å². The standard InChI is InChI=1S/C14H18BrNO3/c1-10(4-3-7-15)16-14(17)11-5-2-6-12-13(11)19-9-8-18-12/h2,5-6,10H,3-4,7-9H2,1H3,(H,16,17). The van der Waals surface area contributed by atoms with Crippen molar-refractivity contribution in [3.8, 4) is 11.5 Å². The largest absolute Gasteiger partial charge is 0.486 e. The molecule has 0 saturated heterocycles. The molecular weight excluding hydrogens is 310 g/mol. The maximum atomic E-state index is 12.2. The highest BCUT2D eigenvalue weighted by molar-refractivity contribution is 9.09. The highest BCUT2D eigenvalue weighted by Crippen LogP contribution is 2.33. The molecule has 1 aliphatic rings. The third-order valence-electron chi connectivity index (χ3n) is 2.96. The van der Waals surface area contributed by atoms with E-state index >= 15 is 0 Å². The molecule has 1 aromatic carbocycles. The molecule has 104 valence electrons. The SMILES string of the molecule is CC(CCCBr)NC(=O)c1cccc2c1OCCO2. The Morgan fingerprint density at radius 3 is 3.00 bits per heavy atom. The summed E-state index contributed by atoms with van der Waals surface area (Å²) in [6.45, 7) is 3.02. The first-order valence-corrected chi connectivity index (χ1v) is 7.60. The van der Waals surface area contributed by atoms with Crippen LogP contribution in [0.4, 0.5) is 0 Å². The number of alkyl halides is 1. The van der Waals surface area contributed by atoms with Gasteiger partial charge in [-0.3, -0.25) is 4.79 Å². The number of ether oxygens (including phenoxy) is 2. The van der Waals surface area contributed by atoms with E-state index < -0.39 is 0 Å². The number of rotatable bonds is 5. The van der Waals surface area contributed by atoms with Gasteiger partial charge in [-0.05, 0) is 31.9 Å². The molecule has 1 aromatic rings. The van der Waals surface area contributed by atoms with E-state index in [1.54, 1.807) is 6.07 Å². The van der Waals surface area contributed by atoms with Gasteiger partial charge in [-0.25, -0.2) is 0 Å². The van der Waals surface area contributed by atoms with Gasteiger partial charge in [-0.1, -0.05) is 22.0 Å². The topological polar surface area (TPSA) is 47.6 Å². The molecule has 1 aliphatic heterocycles. The van der Waals surface area contributed by atoms with E-state index in [-0.39, 0.29) is 11.9 Å². The van der Waals surface area contributed by atoms with Gasteiger partial charge >= 0.3 is 0 Å². The number of nitrogens with one attached hydrogen (secondary N) is 1. The molecule has 1 N–H and O–H groups in total. The van der Waals surface area contributed by atoms with Crippen LogP contribution in [-0.4, -0.2) is 30.5 Å². The molecule has 0 radical (unpaired) electrons. The molecule has 1 atom stereocenters. The van der Waals surface area contributed by atoms with Crippen molar-refractivity contribution in [1.29, 1.82) is 0 Å². The molecule has 5 heteroatoms. The number of hydrogen-bond donors (Lipinski definition) is 1. The van der Waals surface area contributed by atoms with Crippen LogP contribution in [-0.2, 0) is 0 Å². The first-order valence-electron chi connectivity index (χ1n) is 6.48. The summed E-state index contributed by atoms with van der Waals surface area (Å²) >= 11 is 3.39. The van der Waals surface area contributed by atoms with Gasteiger partial charge in [0.05, 0.1) is 5.56 Å². The molecule has 0 spiro atoms. The smallest absolute Gasteiger partial charge is 0.255 e. The second-order valence-electron chi connectivity index (χ2n) is 4.54. The van der Waals surface area contributed by atoms with Gasteiger partial charge in [-0.15, -0.1) is 0 Å². The van der Waals surface area contributed by atoms with E-state index in [0.29, 0.717) is 30.3 Å². The third kappa shape index (κ3) is 3.62. The Morgan fingerprint density at radius 1 is 1.42 bits per heavy atom. The number of hydrogen-bond acceptors (Lipinski definition) is 3. The minimum absolute atomic E-state index is 0.107. The van der Waals surface area contributed by atoms with Crippen molar-refractivity contribution in [2.45, 2.75) is 25.8 Å². The average molecular weight is 328 g/mol. The summed E-state index contributed by atoms with van der Waals surface area (Å²) in [4.78, 5) is 12.2. The van der Waals surface area contributed by atoms with E-state index in [4.69, 9.17) is 9.47 Å². The molecular formula is C14H18BrNO3. The predicted octanol–water partition coefficient (Wildman–Crippen LogP) is 2.75. The number of benzene rings is 1. The summed E-state index contributed by atoms with van der Waals surface area (Å²) in [5, 5.41) is 3.94.